The van der Waals surface area contributed by atoms with Crippen molar-refractivity contribution in [3.8, 4) is 0 Å². The topological polar surface area (TPSA) is 62.5 Å². The van der Waals surface area contributed by atoms with Crippen molar-refractivity contribution >= 4 is 23.0 Å². The minimum absolute atomic E-state index is 0.0654. The average Bonchev–Trinajstić information content (AvgIpc) is 2.56. The minimum Gasteiger partial charge on any atom is -0.363 e. The second-order valence-electron chi connectivity index (χ2n) is 5.47. The first-order chi connectivity index (χ1) is 11.1. The average molecular weight is 333 g/mol. The van der Waals surface area contributed by atoms with E-state index in [0.29, 0.717) is 10.7 Å². The summed E-state index contributed by atoms with van der Waals surface area (Å²) >= 11 is 5.88. The lowest BCUT2D eigenvalue weighted by Crippen LogP contribution is -2.46. The molecule has 1 aromatic carbocycles. The maximum absolute atomic E-state index is 11.2. The van der Waals surface area contributed by atoms with Gasteiger partial charge in [0.25, 0.3) is 5.69 Å². The van der Waals surface area contributed by atoms with Crippen LogP contribution in [0.1, 0.15) is 5.69 Å². The maximum atomic E-state index is 11.2. The quantitative estimate of drug-likeness (QED) is 0.636. The number of benzene rings is 1. The minimum atomic E-state index is -0.374. The molecule has 0 radical (unpaired) electrons. The third-order valence-corrected chi connectivity index (χ3v) is 4.19. The number of piperazine rings is 1. The molecular weight excluding hydrogens is 316 g/mol. The first-order valence-corrected chi connectivity index (χ1v) is 7.82. The lowest BCUT2D eigenvalue weighted by molar-refractivity contribution is -0.384. The summed E-state index contributed by atoms with van der Waals surface area (Å²) in [5.74, 6) is 0. The lowest BCUT2D eigenvalue weighted by Gasteiger charge is -2.35. The molecule has 1 saturated heterocycles. The third kappa shape index (κ3) is 3.78. The van der Waals surface area contributed by atoms with Gasteiger partial charge in [0.1, 0.15) is 5.69 Å². The highest BCUT2D eigenvalue weighted by atomic mass is 35.5. The number of nitro benzene ring substituents is 1. The molecule has 0 atom stereocenters. The Bertz CT molecular complexity index is 688. The van der Waals surface area contributed by atoms with Gasteiger partial charge in [0, 0.05) is 50.0 Å². The van der Waals surface area contributed by atoms with Crippen LogP contribution in [-0.4, -0.2) is 41.0 Å². The van der Waals surface area contributed by atoms with E-state index >= 15 is 0 Å². The second kappa shape index (κ2) is 6.93. The molecule has 1 aromatic heterocycles. The van der Waals surface area contributed by atoms with Crippen LogP contribution >= 0.6 is 11.6 Å². The van der Waals surface area contributed by atoms with Crippen LogP contribution in [-0.2, 0) is 6.54 Å². The van der Waals surface area contributed by atoms with Gasteiger partial charge in [-0.2, -0.15) is 0 Å². The van der Waals surface area contributed by atoms with E-state index in [1.807, 2.05) is 23.1 Å². The fourth-order valence-corrected chi connectivity index (χ4v) is 2.94. The van der Waals surface area contributed by atoms with Crippen LogP contribution in [0.2, 0.25) is 5.02 Å². The van der Waals surface area contributed by atoms with Crippen LogP contribution in [0.4, 0.5) is 11.4 Å². The summed E-state index contributed by atoms with van der Waals surface area (Å²) < 4.78 is 0. The number of aromatic nitrogens is 1. The van der Waals surface area contributed by atoms with E-state index in [0.717, 1.165) is 38.4 Å². The predicted molar refractivity (Wildman–Crippen MR) is 89.8 cm³/mol. The molecule has 1 aliphatic heterocycles. The zero-order valence-corrected chi connectivity index (χ0v) is 13.3. The van der Waals surface area contributed by atoms with Crippen molar-refractivity contribution in [1.29, 1.82) is 0 Å². The van der Waals surface area contributed by atoms with Crippen molar-refractivity contribution in [3.05, 3.63) is 63.4 Å². The summed E-state index contributed by atoms with van der Waals surface area (Å²) in [6.07, 6.45) is 1.79. The second-order valence-corrected chi connectivity index (χ2v) is 5.91. The van der Waals surface area contributed by atoms with Crippen molar-refractivity contribution in [1.82, 2.24) is 9.88 Å². The Morgan fingerprint density at radius 3 is 2.61 bits per heavy atom. The van der Waals surface area contributed by atoms with Crippen molar-refractivity contribution in [2.24, 2.45) is 0 Å². The standard InChI is InChI=1S/C16H17ClN4O2/c17-13-4-5-15(16(11-13)21(22)23)20-9-7-19(8-10-20)12-14-3-1-2-6-18-14/h1-6,11H,7-10,12H2. The molecule has 2 heterocycles. The highest BCUT2D eigenvalue weighted by molar-refractivity contribution is 6.30. The smallest absolute Gasteiger partial charge is 0.294 e. The van der Waals surface area contributed by atoms with Crippen LogP contribution in [0, 0.1) is 10.1 Å². The summed E-state index contributed by atoms with van der Waals surface area (Å²) in [7, 11) is 0. The molecule has 1 fully saturated rings. The van der Waals surface area contributed by atoms with Gasteiger partial charge in [0.2, 0.25) is 0 Å². The normalized spacial score (nSPS) is 15.6. The summed E-state index contributed by atoms with van der Waals surface area (Å²) in [6.45, 7) is 3.98. The molecule has 0 bridgehead atoms. The molecular formula is C16H17ClN4O2. The lowest BCUT2D eigenvalue weighted by atomic mass is 10.2. The maximum Gasteiger partial charge on any atom is 0.294 e. The van der Waals surface area contributed by atoms with Gasteiger partial charge in [-0.25, -0.2) is 0 Å². The van der Waals surface area contributed by atoms with Gasteiger partial charge in [-0.3, -0.25) is 20.0 Å². The van der Waals surface area contributed by atoms with E-state index in [9.17, 15) is 10.1 Å². The Kier molecular flexibility index (Phi) is 4.73. The van der Waals surface area contributed by atoms with Gasteiger partial charge < -0.3 is 4.90 Å². The van der Waals surface area contributed by atoms with Gasteiger partial charge in [-0.15, -0.1) is 0 Å². The van der Waals surface area contributed by atoms with Crippen molar-refractivity contribution in [2.75, 3.05) is 31.1 Å². The summed E-state index contributed by atoms with van der Waals surface area (Å²) in [4.78, 5) is 19.5. The summed E-state index contributed by atoms with van der Waals surface area (Å²) in [5, 5.41) is 11.6. The van der Waals surface area contributed by atoms with Gasteiger partial charge >= 0.3 is 0 Å². The number of rotatable bonds is 4. The third-order valence-electron chi connectivity index (χ3n) is 3.96. The molecule has 7 heteroatoms. The molecule has 23 heavy (non-hydrogen) atoms. The molecule has 0 spiro atoms. The van der Waals surface area contributed by atoms with Gasteiger partial charge in [-0.05, 0) is 24.3 Å². The summed E-state index contributed by atoms with van der Waals surface area (Å²) in [5.41, 5.74) is 1.74. The first kappa shape index (κ1) is 15.7. The fourth-order valence-electron chi connectivity index (χ4n) is 2.78. The van der Waals surface area contributed by atoms with E-state index in [1.165, 1.54) is 6.07 Å². The molecule has 0 saturated carbocycles. The predicted octanol–water partition coefficient (Wildman–Crippen LogP) is 2.97. The molecule has 0 unspecified atom stereocenters. The Morgan fingerprint density at radius 1 is 1.17 bits per heavy atom. The molecule has 1 aliphatic rings. The Labute approximate surface area is 139 Å². The number of hydrogen-bond donors (Lipinski definition) is 0. The molecule has 2 aromatic rings. The zero-order chi connectivity index (χ0) is 16.2. The number of halogens is 1. The van der Waals surface area contributed by atoms with Crippen LogP contribution in [0.3, 0.4) is 0 Å². The Balaban J connectivity index is 1.66. The fraction of sp³-hybridized carbons (Fsp3) is 0.312. The van der Waals surface area contributed by atoms with Crippen LogP contribution < -0.4 is 4.90 Å². The number of nitro groups is 1. The summed E-state index contributed by atoms with van der Waals surface area (Å²) in [6, 6.07) is 10.7. The van der Waals surface area contributed by atoms with Crippen LogP contribution in [0.15, 0.2) is 42.6 Å². The molecule has 120 valence electrons. The number of pyridine rings is 1. The Morgan fingerprint density at radius 2 is 1.96 bits per heavy atom. The molecule has 6 nitrogen and oxygen atoms in total. The highest BCUT2D eigenvalue weighted by Crippen LogP contribution is 2.31. The van der Waals surface area contributed by atoms with Crippen molar-refractivity contribution in [3.63, 3.8) is 0 Å². The highest BCUT2D eigenvalue weighted by Gasteiger charge is 2.24. The van der Waals surface area contributed by atoms with E-state index < -0.39 is 0 Å². The molecule has 3 rings (SSSR count). The first-order valence-electron chi connectivity index (χ1n) is 7.44. The van der Waals surface area contributed by atoms with E-state index in [2.05, 4.69) is 9.88 Å². The van der Waals surface area contributed by atoms with E-state index in [-0.39, 0.29) is 10.6 Å². The van der Waals surface area contributed by atoms with Gasteiger partial charge in [0.05, 0.1) is 10.6 Å². The SMILES string of the molecule is O=[N+]([O-])c1cc(Cl)ccc1N1CCN(Cc2ccccn2)CC1. The van der Waals surface area contributed by atoms with Crippen LogP contribution in [0.5, 0.6) is 0 Å². The van der Waals surface area contributed by atoms with E-state index in [1.54, 1.807) is 18.3 Å². The Hall–Kier alpha value is -2.18. The largest absolute Gasteiger partial charge is 0.363 e. The van der Waals surface area contributed by atoms with Gasteiger partial charge in [-0.1, -0.05) is 17.7 Å². The van der Waals surface area contributed by atoms with Crippen molar-refractivity contribution < 1.29 is 4.92 Å². The van der Waals surface area contributed by atoms with Crippen molar-refractivity contribution in [2.45, 2.75) is 6.54 Å². The molecule has 0 amide bonds. The van der Waals surface area contributed by atoms with Gasteiger partial charge in [0.15, 0.2) is 0 Å². The number of anilines is 1. The number of nitrogens with zero attached hydrogens (tertiary/aromatic N) is 4. The zero-order valence-electron chi connectivity index (χ0n) is 12.6. The monoisotopic (exact) mass is 332 g/mol. The molecule has 0 aliphatic carbocycles. The van der Waals surface area contributed by atoms with Crippen LogP contribution in [0.25, 0.3) is 0 Å². The van der Waals surface area contributed by atoms with E-state index in [4.69, 9.17) is 11.6 Å². The molecule has 0 N–H and O–H groups in total. The number of hydrogen-bond acceptors (Lipinski definition) is 5.